The van der Waals surface area contributed by atoms with E-state index in [1.54, 1.807) is 0 Å². The molecule has 0 unspecified atom stereocenters. The van der Waals surface area contributed by atoms with Gasteiger partial charge in [0.1, 0.15) is 0 Å². The molecular formula is C44H30. The van der Waals surface area contributed by atoms with Crippen molar-refractivity contribution < 1.29 is 41.1 Å². The molecule has 0 fully saturated rings. The maximum Gasteiger partial charge on any atom is 0.0636 e. The van der Waals surface area contributed by atoms with Crippen molar-refractivity contribution in [1.29, 1.82) is 0 Å². The standard InChI is InChI=1S/C44H30/c1-5-15-31(16-6-1)35-25-26-41-42(30-35)43(34-21-11-4-12-22-34)39-23-13-14-24-40(39)44(41)38-28-36(32-17-7-2-8-18-32)27-37(29-38)33-19-9-3-10-20-33/h1-30H/i1D,2D,3D,4D,5D,6D,7D,8D,9D,10D,11D,12D,13D,14D,15D,16D,17D,18D,19D,20D,21D,22D,23D,24D,25D,26D,27D,28D,29D,30D. The second kappa shape index (κ2) is 11.2. The molecule has 0 N–H and O–H groups in total. The summed E-state index contributed by atoms with van der Waals surface area (Å²) < 4.78 is 268. The Morgan fingerprint density at radius 1 is 0.227 bits per heavy atom. The van der Waals surface area contributed by atoms with Crippen LogP contribution in [0.15, 0.2) is 181 Å². The van der Waals surface area contributed by atoms with Crippen LogP contribution in [0.5, 0.6) is 0 Å². The van der Waals surface area contributed by atoms with Crippen LogP contribution < -0.4 is 0 Å². The minimum Gasteiger partial charge on any atom is -0.0622 e. The number of rotatable bonds is 5. The van der Waals surface area contributed by atoms with Gasteiger partial charge in [-0.1, -0.05) is 157 Å². The zero-order valence-electron chi connectivity index (χ0n) is 52.0. The fraction of sp³-hybridized carbons (Fsp3) is 0. The van der Waals surface area contributed by atoms with Crippen LogP contribution in [0.1, 0.15) is 41.1 Å². The molecule has 0 heteroatoms. The van der Waals surface area contributed by atoms with Crippen LogP contribution in [0.3, 0.4) is 0 Å². The molecule has 8 aromatic carbocycles. The first-order valence-corrected chi connectivity index (χ1v) is 12.8. The summed E-state index contributed by atoms with van der Waals surface area (Å²) in [5.41, 5.74) is -9.48. The van der Waals surface area contributed by atoms with E-state index < -0.39 is 258 Å². The van der Waals surface area contributed by atoms with E-state index >= 15 is 0 Å². The molecule has 8 rings (SSSR count). The molecule has 8 aromatic rings. The summed E-state index contributed by atoms with van der Waals surface area (Å²) in [6, 6.07) is -32.0. The van der Waals surface area contributed by atoms with Gasteiger partial charge in [0.2, 0.25) is 0 Å². The molecule has 0 aromatic heterocycles. The normalized spacial score (nSPS) is 20.7. The van der Waals surface area contributed by atoms with Crippen LogP contribution in [0.25, 0.3) is 77.2 Å². The molecule has 0 saturated heterocycles. The molecule has 0 atom stereocenters. The van der Waals surface area contributed by atoms with E-state index in [-0.39, 0.29) is 0 Å². The SMILES string of the molecule is [2H]c1c([2H])c([2H])c(-c2c([2H])c(-c3c([2H])c([2H])c([2H])c([2H])c3[2H])c([2H])c(-c3c4c([2H])c([2H])c([2H])c([2H])c4c(-c4c([2H])c([2H])c([2H])c([2H])c4[2H])c4c([2H])c(-c5c([2H])c([2H])c([2H])c([2H])c5[2H])c([2H])c([2H])c34)c2[2H])c([2H])c1[2H]. The Labute approximate surface area is 300 Å². The van der Waals surface area contributed by atoms with Gasteiger partial charge in [0.15, 0.2) is 0 Å². The van der Waals surface area contributed by atoms with E-state index in [9.17, 15) is 11.0 Å². The third-order valence-electron chi connectivity index (χ3n) is 6.50. The average Bonchev–Trinajstić information content (AvgIpc) is 3.36. The van der Waals surface area contributed by atoms with Crippen LogP contribution >= 0.6 is 0 Å². The van der Waals surface area contributed by atoms with Gasteiger partial charge in [-0.15, -0.1) is 0 Å². The van der Waals surface area contributed by atoms with Crippen molar-refractivity contribution in [3.05, 3.63) is 181 Å². The number of benzene rings is 8. The highest BCUT2D eigenvalue weighted by Crippen LogP contribution is 2.46. The van der Waals surface area contributed by atoms with Crippen molar-refractivity contribution >= 4 is 21.5 Å². The van der Waals surface area contributed by atoms with E-state index in [0.717, 1.165) is 0 Å². The van der Waals surface area contributed by atoms with Gasteiger partial charge in [0.25, 0.3) is 0 Å². The lowest BCUT2D eigenvalue weighted by atomic mass is 9.83. The quantitative estimate of drug-likeness (QED) is 0.175. The summed E-state index contributed by atoms with van der Waals surface area (Å²) in [6.07, 6.45) is 0. The van der Waals surface area contributed by atoms with Gasteiger partial charge < -0.3 is 0 Å². The fourth-order valence-electron chi connectivity index (χ4n) is 4.69. The number of hydrogen-bond donors (Lipinski definition) is 0. The summed E-state index contributed by atoms with van der Waals surface area (Å²) in [7, 11) is 0. The summed E-state index contributed by atoms with van der Waals surface area (Å²) >= 11 is 0. The molecule has 0 amide bonds. The maximum absolute atomic E-state index is 9.95. The Morgan fingerprint density at radius 2 is 0.591 bits per heavy atom. The predicted molar refractivity (Wildman–Crippen MR) is 189 cm³/mol. The molecule has 0 nitrogen and oxygen atoms in total. The molecule has 0 aliphatic heterocycles. The fourth-order valence-corrected chi connectivity index (χ4v) is 4.69. The van der Waals surface area contributed by atoms with Gasteiger partial charge in [-0.2, -0.15) is 0 Å². The topological polar surface area (TPSA) is 0 Å². The van der Waals surface area contributed by atoms with Gasteiger partial charge in [-0.05, 0) is 101 Å². The molecule has 0 radical (unpaired) electrons. The lowest BCUT2D eigenvalue weighted by Crippen LogP contribution is -1.93. The molecule has 44 heavy (non-hydrogen) atoms. The smallest absolute Gasteiger partial charge is 0.0622 e. The first kappa shape index (κ1) is 9.39. The Kier molecular flexibility index (Phi) is 2.38. The first-order chi connectivity index (χ1) is 34.3. The van der Waals surface area contributed by atoms with Gasteiger partial charge in [-0.25, -0.2) is 0 Å². The molecule has 206 valence electrons. The second-order valence-electron chi connectivity index (χ2n) is 9.00. The highest BCUT2D eigenvalue weighted by Gasteiger charge is 2.18. The predicted octanol–water partition coefficient (Wildman–Crippen LogP) is 12.3. The minimum absolute atomic E-state index is 0.860. The van der Waals surface area contributed by atoms with Crippen molar-refractivity contribution in [2.45, 2.75) is 0 Å². The Balaban J connectivity index is 1.85. The Morgan fingerprint density at radius 3 is 1.09 bits per heavy atom. The molecule has 0 heterocycles. The van der Waals surface area contributed by atoms with E-state index in [2.05, 4.69) is 0 Å². The zero-order chi connectivity index (χ0) is 55.4. The molecule has 0 bridgehead atoms. The van der Waals surface area contributed by atoms with Crippen molar-refractivity contribution in [2.24, 2.45) is 0 Å². The zero-order valence-corrected chi connectivity index (χ0v) is 22.0. The largest absolute Gasteiger partial charge is 0.0636 e. The molecule has 0 spiro atoms. The summed E-state index contributed by atoms with van der Waals surface area (Å²) in [5, 5.41) is -3.63. The summed E-state index contributed by atoms with van der Waals surface area (Å²) in [4.78, 5) is 0. The van der Waals surface area contributed by atoms with Crippen molar-refractivity contribution in [2.75, 3.05) is 0 Å². The van der Waals surface area contributed by atoms with Gasteiger partial charge in [-0.3, -0.25) is 0 Å². The third-order valence-corrected chi connectivity index (χ3v) is 6.50. The maximum atomic E-state index is 9.95. The van der Waals surface area contributed by atoms with Gasteiger partial charge >= 0.3 is 0 Å². The van der Waals surface area contributed by atoms with Crippen LogP contribution in [-0.2, 0) is 0 Å². The van der Waals surface area contributed by atoms with E-state index in [4.69, 9.17) is 30.2 Å². The van der Waals surface area contributed by atoms with E-state index in [1.807, 2.05) is 0 Å². The number of fused-ring (bicyclic) bond motifs is 2. The van der Waals surface area contributed by atoms with Crippen LogP contribution in [0, 0.1) is 0 Å². The van der Waals surface area contributed by atoms with Crippen LogP contribution in [0.2, 0.25) is 0 Å². The monoisotopic (exact) mass is 588 g/mol. The van der Waals surface area contributed by atoms with Gasteiger partial charge in [0.05, 0.1) is 41.1 Å². The van der Waals surface area contributed by atoms with Crippen LogP contribution in [-0.4, -0.2) is 0 Å². The van der Waals surface area contributed by atoms with Crippen molar-refractivity contribution in [3.63, 3.8) is 0 Å². The third kappa shape index (κ3) is 4.68. The molecule has 0 aliphatic rings. The summed E-state index contributed by atoms with van der Waals surface area (Å²) in [5.74, 6) is 0. The molecule has 0 aliphatic carbocycles. The minimum atomic E-state index is -1.22. The lowest BCUT2D eigenvalue weighted by molar-refractivity contribution is 1.58. The summed E-state index contributed by atoms with van der Waals surface area (Å²) in [6.45, 7) is 0. The lowest BCUT2D eigenvalue weighted by Gasteiger charge is -2.20. The van der Waals surface area contributed by atoms with Gasteiger partial charge in [0, 0.05) is 0 Å². The average molecular weight is 589 g/mol. The number of hydrogen-bond acceptors (Lipinski definition) is 0. The Bertz CT molecular complexity index is 3740. The van der Waals surface area contributed by atoms with E-state index in [1.165, 1.54) is 0 Å². The van der Waals surface area contributed by atoms with Crippen molar-refractivity contribution in [1.82, 2.24) is 0 Å². The highest BCUT2D eigenvalue weighted by atomic mass is 14.2. The first-order valence-electron chi connectivity index (χ1n) is 27.8. The molecular weight excluding hydrogens is 528 g/mol. The van der Waals surface area contributed by atoms with E-state index in [0.29, 0.717) is 0 Å². The Hall–Kier alpha value is -5.72. The highest BCUT2D eigenvalue weighted by molar-refractivity contribution is 6.22. The van der Waals surface area contributed by atoms with Crippen LogP contribution in [0.4, 0.5) is 0 Å². The molecule has 0 saturated carbocycles. The second-order valence-corrected chi connectivity index (χ2v) is 9.00. The van der Waals surface area contributed by atoms with Crippen molar-refractivity contribution in [3.8, 4) is 55.6 Å².